The summed E-state index contributed by atoms with van der Waals surface area (Å²) >= 11 is 0. The highest BCUT2D eigenvalue weighted by Crippen LogP contribution is 2.34. The number of hydrogen-bond acceptors (Lipinski definition) is 10. The fourth-order valence-corrected chi connectivity index (χ4v) is 18.2. The smallest absolute Gasteiger partial charge is 0.119 e. The highest BCUT2D eigenvalue weighted by atomic mass is 16.5. The molecule has 14 rings (SSSR count). The number of nitrogens with one attached hydrogen (secondary N) is 5. The molecule has 0 aliphatic carbocycles. The quantitative estimate of drug-likeness (QED) is 0.0608. The summed E-state index contributed by atoms with van der Waals surface area (Å²) < 4.78 is 5.90. The van der Waals surface area contributed by atoms with Crippen molar-refractivity contribution in [2.45, 2.75) is 297 Å². The van der Waals surface area contributed by atoms with E-state index in [4.69, 9.17) is 4.74 Å². The van der Waals surface area contributed by atoms with Gasteiger partial charge < -0.3 is 50.9 Å². The zero-order chi connectivity index (χ0) is 90.3. The van der Waals surface area contributed by atoms with E-state index in [1.807, 2.05) is 0 Å². The molecule has 7 aliphatic rings. The summed E-state index contributed by atoms with van der Waals surface area (Å²) in [6.07, 6.45) is 24.7. The second-order valence-corrected chi connectivity index (χ2v) is 46.9. The molecule has 0 radical (unpaired) electrons. The summed E-state index contributed by atoms with van der Waals surface area (Å²) in [4.78, 5) is 9.58. The molecule has 7 aromatic carbocycles. The van der Waals surface area contributed by atoms with E-state index in [-0.39, 0.29) is 0 Å². The van der Waals surface area contributed by atoms with Crippen LogP contribution in [-0.2, 0) is 44.9 Å². The van der Waals surface area contributed by atoms with E-state index >= 15 is 0 Å². The number of hydrogen-bond donors (Lipinski definition) is 5. The lowest BCUT2D eigenvalue weighted by Gasteiger charge is -2.30. The molecule has 0 saturated carbocycles. The van der Waals surface area contributed by atoms with Crippen LogP contribution in [0.3, 0.4) is 0 Å². The van der Waals surface area contributed by atoms with E-state index < -0.39 is 0 Å². The lowest BCUT2D eigenvalue weighted by molar-refractivity contribution is 0.223. The summed E-state index contributed by atoms with van der Waals surface area (Å²) in [6.45, 7) is 64.4. The predicted octanol–water partition coefficient (Wildman–Crippen LogP) is 25.8. The minimum Gasteiger partial charge on any atom is -0.489 e. The SMILES string of the molecule is CC(C)(C)Cc1ccc(C2CCCNC2)cc1.CC(C)(C)Cc1ccc(C2CCNCC2)cc1.CC(C)(C)Cc1ccc(OC2CCNC2)cc1.CN1CC=C(c2ccc(CC(C)(C)C)cc2)CC1.CN1CCC(Nc2ccc(CC(C)(C)C)cc2)C1.CN1CCC(Nc2ccc(CC(C)(C)C)cc2)CC1.CN1CCC(c2ccc(CC(C)(C)C)cc2)CC1. The van der Waals surface area contributed by atoms with E-state index in [0.29, 0.717) is 56.1 Å². The van der Waals surface area contributed by atoms with Gasteiger partial charge in [-0.2, -0.15) is 0 Å². The summed E-state index contributed by atoms with van der Waals surface area (Å²) in [6, 6.07) is 64.9. The van der Waals surface area contributed by atoms with Gasteiger partial charge in [0.2, 0.25) is 0 Å². The van der Waals surface area contributed by atoms with Crippen LogP contribution in [0, 0.1) is 37.9 Å². The van der Waals surface area contributed by atoms with Crippen LogP contribution in [-0.4, -0.2) is 158 Å². The van der Waals surface area contributed by atoms with Crippen LogP contribution in [0.25, 0.3) is 5.57 Å². The van der Waals surface area contributed by atoms with Gasteiger partial charge in [-0.1, -0.05) is 285 Å². The van der Waals surface area contributed by atoms with Crippen molar-refractivity contribution in [2.24, 2.45) is 37.9 Å². The molecule has 0 amide bonds. The molecule has 0 spiro atoms. The third-order valence-corrected chi connectivity index (χ3v) is 24.6. The van der Waals surface area contributed by atoms with Gasteiger partial charge in [-0.15, -0.1) is 0 Å². The monoisotopic (exact) mass is 1690 g/mol. The Morgan fingerprint density at radius 1 is 0.306 bits per heavy atom. The van der Waals surface area contributed by atoms with Crippen molar-refractivity contribution in [1.82, 2.24) is 35.6 Å². The van der Waals surface area contributed by atoms with E-state index in [0.717, 1.165) is 94.8 Å². The molecule has 10 nitrogen and oxygen atoms in total. The fraction of sp³-hybridized carbons (Fsp3) is 0.614. The molecule has 6 saturated heterocycles. The molecule has 7 aliphatic heterocycles. The Morgan fingerprint density at radius 3 is 0.984 bits per heavy atom. The van der Waals surface area contributed by atoms with Crippen molar-refractivity contribution >= 4 is 16.9 Å². The van der Waals surface area contributed by atoms with Gasteiger partial charge in [-0.05, 0) is 361 Å². The average Bonchev–Trinajstić information content (AvgIpc) is 0.939. The lowest BCUT2D eigenvalue weighted by atomic mass is 9.85. The third-order valence-electron chi connectivity index (χ3n) is 24.6. The first-order valence-corrected chi connectivity index (χ1v) is 48.7. The number of benzene rings is 7. The minimum absolute atomic E-state index is 0.345. The van der Waals surface area contributed by atoms with Gasteiger partial charge in [-0.3, -0.25) is 0 Å². The maximum Gasteiger partial charge on any atom is 0.119 e. The number of likely N-dealkylation sites (N-methyl/N-ethyl adjacent to an activating group) is 2. The van der Waals surface area contributed by atoms with E-state index in [1.165, 1.54) is 209 Å². The van der Waals surface area contributed by atoms with Gasteiger partial charge in [0.15, 0.2) is 0 Å². The van der Waals surface area contributed by atoms with Gasteiger partial charge in [-0.25, -0.2) is 0 Å². The number of anilines is 2. The molecule has 124 heavy (non-hydrogen) atoms. The number of likely N-dealkylation sites (tertiary alicyclic amines) is 3. The Bertz CT molecular complexity index is 4010. The average molecular weight is 1690 g/mol. The zero-order valence-corrected chi connectivity index (χ0v) is 83.5. The van der Waals surface area contributed by atoms with Crippen molar-refractivity contribution in [3.05, 3.63) is 237 Å². The van der Waals surface area contributed by atoms with Gasteiger partial charge in [0.1, 0.15) is 11.9 Å². The Morgan fingerprint density at radius 2 is 0.637 bits per heavy atom. The Hall–Kier alpha value is -6.60. The van der Waals surface area contributed by atoms with E-state index in [2.05, 4.69) is 396 Å². The van der Waals surface area contributed by atoms with Gasteiger partial charge in [0, 0.05) is 56.2 Å². The first kappa shape index (κ1) is 103. The highest BCUT2D eigenvalue weighted by Gasteiger charge is 2.25. The van der Waals surface area contributed by atoms with Crippen LogP contribution in [0.2, 0.25) is 0 Å². The van der Waals surface area contributed by atoms with E-state index in [9.17, 15) is 0 Å². The van der Waals surface area contributed by atoms with Crippen molar-refractivity contribution in [1.29, 1.82) is 0 Å². The normalized spacial score (nSPS) is 19.5. The summed E-state index contributed by atoms with van der Waals surface area (Å²) in [5.74, 6) is 3.29. The maximum absolute atomic E-state index is 5.90. The Kier molecular flexibility index (Phi) is 40.8. The molecule has 7 heterocycles. The number of nitrogens with zero attached hydrogens (tertiary/aromatic N) is 4. The molecule has 3 unspecified atom stereocenters. The molecule has 5 N–H and O–H groups in total. The molecule has 10 heteroatoms. The van der Waals surface area contributed by atoms with Crippen LogP contribution in [0.1, 0.15) is 295 Å². The number of piperidine rings is 4. The fourth-order valence-electron chi connectivity index (χ4n) is 18.2. The lowest BCUT2D eigenvalue weighted by Crippen LogP contribution is -2.36. The largest absolute Gasteiger partial charge is 0.489 e. The Balaban J connectivity index is 0.000000179. The van der Waals surface area contributed by atoms with E-state index in [1.54, 1.807) is 5.56 Å². The molecule has 686 valence electrons. The van der Waals surface area contributed by atoms with Crippen LogP contribution in [0.5, 0.6) is 5.75 Å². The molecular formula is C114H179N9O. The first-order valence-electron chi connectivity index (χ1n) is 48.7. The first-order chi connectivity index (χ1) is 58.3. The molecule has 0 bridgehead atoms. The molecule has 6 fully saturated rings. The van der Waals surface area contributed by atoms with Crippen molar-refractivity contribution in [3.63, 3.8) is 0 Å². The molecular weight excluding hydrogens is 1510 g/mol. The van der Waals surface area contributed by atoms with Crippen LogP contribution in [0.4, 0.5) is 11.4 Å². The molecule has 7 aromatic rings. The number of rotatable bonds is 17. The summed E-state index contributed by atoms with van der Waals surface area (Å²) in [5, 5.41) is 17.5. The topological polar surface area (TPSA) is 82.3 Å². The maximum atomic E-state index is 5.90. The van der Waals surface area contributed by atoms with Crippen LogP contribution in [0.15, 0.2) is 176 Å². The van der Waals surface area contributed by atoms with Gasteiger partial charge in [0.05, 0.1) is 0 Å². The molecule has 0 aromatic heterocycles. The van der Waals surface area contributed by atoms with Gasteiger partial charge >= 0.3 is 0 Å². The minimum atomic E-state index is 0.345. The van der Waals surface area contributed by atoms with Crippen molar-refractivity contribution < 1.29 is 4.74 Å². The summed E-state index contributed by atoms with van der Waals surface area (Å²) in [7, 11) is 8.80. The second kappa shape index (κ2) is 49.3. The summed E-state index contributed by atoms with van der Waals surface area (Å²) in [5.41, 5.74) is 22.7. The van der Waals surface area contributed by atoms with Crippen LogP contribution < -0.4 is 31.3 Å². The zero-order valence-electron chi connectivity index (χ0n) is 83.5. The third kappa shape index (κ3) is 42.5. The van der Waals surface area contributed by atoms with Gasteiger partial charge in [0.25, 0.3) is 0 Å². The second-order valence-electron chi connectivity index (χ2n) is 46.9. The van der Waals surface area contributed by atoms with Crippen LogP contribution >= 0.6 is 0 Å². The number of ether oxygens (including phenoxy) is 1. The predicted molar refractivity (Wildman–Crippen MR) is 542 cm³/mol. The Labute approximate surface area is 760 Å². The standard InChI is InChI=1S/C17H28N2.C17H27N.C17H25N.C16H26N2.2C16H25N.C15H23NO/c1-17(2,3)13-14-5-7-15(8-6-14)18-16-9-11-19(4)12-10-16;2*1-17(2,3)13-14-5-7-15(8-6-14)16-9-11-18(4)12-10-16;1-16(2,3)11-13-5-7-14(8-6-13)17-15-9-10-18(4)12-15;1-16(2,3)12-13-4-6-14(7-5-13)15-8-10-17-11-9-15;1-16(2,3)11-13-6-8-14(9-7-13)15-5-4-10-17-12-15;1-15(2,3)10-12-4-6-13(7-5-12)17-14-8-9-16-11-14/h5-8,16,18H,9-13H2,1-4H3;5-8,16H,9-13H2,1-4H3;5-9H,10-13H2,1-4H3;5-8,15,17H,9-12H2,1-4H3;4-7,15,17H,8-12H2,1-3H3;6-9,15,17H,4-5,10-12H2,1-3H3;4-7,14,16H,8-11H2,1-3H3. The highest BCUT2D eigenvalue weighted by molar-refractivity contribution is 5.67. The molecule has 3 atom stereocenters. The van der Waals surface area contributed by atoms with Crippen molar-refractivity contribution in [3.8, 4) is 5.75 Å². The van der Waals surface area contributed by atoms with Crippen molar-refractivity contribution in [2.75, 3.05) is 130 Å².